The third kappa shape index (κ3) is 1.59. The molecule has 0 spiro atoms. The molecule has 0 bridgehead atoms. The summed E-state index contributed by atoms with van der Waals surface area (Å²) in [5, 5.41) is 9.51. The molecule has 0 heterocycles. The van der Waals surface area contributed by atoms with E-state index in [2.05, 4.69) is 13.2 Å². The number of Topliss-reactive ketones (excluding diaryl/α,β-unsaturated/α-hetero) is 1. The van der Waals surface area contributed by atoms with Gasteiger partial charge in [-0.25, -0.2) is 0 Å². The van der Waals surface area contributed by atoms with E-state index in [1.54, 1.807) is 18.2 Å². The molecule has 0 fully saturated rings. The van der Waals surface area contributed by atoms with Crippen LogP contribution in [0.1, 0.15) is 28.4 Å². The van der Waals surface area contributed by atoms with E-state index in [1.807, 2.05) is 0 Å². The third-order valence-corrected chi connectivity index (χ3v) is 2.03. The monoisotopic (exact) mass is 188 g/mol. The second kappa shape index (κ2) is 3.92. The van der Waals surface area contributed by atoms with Crippen LogP contribution in [-0.2, 0) is 0 Å². The zero-order valence-corrected chi connectivity index (χ0v) is 8.08. The van der Waals surface area contributed by atoms with E-state index in [1.165, 1.54) is 13.0 Å². The van der Waals surface area contributed by atoms with Gasteiger partial charge in [0.2, 0.25) is 0 Å². The van der Waals surface area contributed by atoms with Crippen LogP contribution in [0.2, 0.25) is 0 Å². The van der Waals surface area contributed by atoms with Crippen molar-refractivity contribution < 1.29 is 9.90 Å². The molecule has 0 saturated carbocycles. The lowest BCUT2D eigenvalue weighted by Gasteiger charge is -2.08. The Morgan fingerprint density at radius 1 is 1.36 bits per heavy atom. The summed E-state index contributed by atoms with van der Waals surface area (Å²) in [5.74, 6) is -0.195. The van der Waals surface area contributed by atoms with Gasteiger partial charge < -0.3 is 5.11 Å². The lowest BCUT2D eigenvalue weighted by molar-refractivity contribution is 0.101. The number of hydrogen-bond donors (Lipinski definition) is 1. The van der Waals surface area contributed by atoms with E-state index >= 15 is 0 Å². The molecule has 0 aliphatic heterocycles. The number of rotatable bonds is 3. The maximum atomic E-state index is 11.3. The lowest BCUT2D eigenvalue weighted by Crippen LogP contribution is -1.98. The summed E-state index contributed by atoms with van der Waals surface area (Å²) in [5.41, 5.74) is 1.73. The maximum absolute atomic E-state index is 11.3. The van der Waals surface area contributed by atoms with E-state index in [-0.39, 0.29) is 11.5 Å². The first kappa shape index (κ1) is 10.3. The maximum Gasteiger partial charge on any atom is 0.164 e. The van der Waals surface area contributed by atoms with Crippen molar-refractivity contribution in [1.82, 2.24) is 0 Å². The largest absolute Gasteiger partial charge is 0.507 e. The molecular weight excluding hydrogens is 176 g/mol. The van der Waals surface area contributed by atoms with E-state index in [9.17, 15) is 9.90 Å². The van der Waals surface area contributed by atoms with Gasteiger partial charge in [0, 0.05) is 0 Å². The molecule has 0 radical (unpaired) electrons. The quantitative estimate of drug-likeness (QED) is 0.740. The summed E-state index contributed by atoms with van der Waals surface area (Å²) < 4.78 is 0. The highest BCUT2D eigenvalue weighted by molar-refractivity contribution is 6.01. The molecule has 1 N–H and O–H groups in total. The molecule has 14 heavy (non-hydrogen) atoms. The van der Waals surface area contributed by atoms with Gasteiger partial charge in [0.1, 0.15) is 5.75 Å². The van der Waals surface area contributed by atoms with E-state index < -0.39 is 0 Å². The van der Waals surface area contributed by atoms with Crippen LogP contribution in [0.5, 0.6) is 5.75 Å². The van der Waals surface area contributed by atoms with Crippen molar-refractivity contribution in [2.75, 3.05) is 0 Å². The number of ketones is 1. The van der Waals surface area contributed by atoms with E-state index in [0.29, 0.717) is 11.1 Å². The standard InChI is InChI=1S/C12H12O2/c1-4-9-6-7-11(14)12(8(3)13)10(9)5-2/h4-7,14H,1-2H2,3H3. The fourth-order valence-electron chi connectivity index (χ4n) is 1.39. The highest BCUT2D eigenvalue weighted by atomic mass is 16.3. The van der Waals surface area contributed by atoms with Crippen LogP contribution in [0.4, 0.5) is 0 Å². The molecule has 0 atom stereocenters. The van der Waals surface area contributed by atoms with Gasteiger partial charge >= 0.3 is 0 Å². The normalized spacial score (nSPS) is 9.50. The Hall–Kier alpha value is -1.83. The molecule has 1 rings (SSSR count). The average molecular weight is 188 g/mol. The minimum atomic E-state index is -0.180. The number of aromatic hydroxyl groups is 1. The number of carbonyl (C=O) groups excluding carboxylic acids is 1. The Kier molecular flexibility index (Phi) is 2.87. The van der Waals surface area contributed by atoms with E-state index in [4.69, 9.17) is 0 Å². The van der Waals surface area contributed by atoms with Gasteiger partial charge in [-0.3, -0.25) is 4.79 Å². The second-order valence-electron chi connectivity index (χ2n) is 2.93. The molecule has 0 aliphatic rings. The topological polar surface area (TPSA) is 37.3 Å². The van der Waals surface area contributed by atoms with Crippen LogP contribution in [0.25, 0.3) is 12.2 Å². The summed E-state index contributed by atoms with van der Waals surface area (Å²) in [6, 6.07) is 3.19. The Labute approximate surface area is 83.2 Å². The first-order valence-corrected chi connectivity index (χ1v) is 4.23. The molecule has 72 valence electrons. The van der Waals surface area contributed by atoms with Gasteiger partial charge in [0.05, 0.1) is 5.56 Å². The second-order valence-corrected chi connectivity index (χ2v) is 2.93. The summed E-state index contributed by atoms with van der Waals surface area (Å²) in [4.78, 5) is 11.3. The zero-order chi connectivity index (χ0) is 10.7. The zero-order valence-electron chi connectivity index (χ0n) is 8.08. The summed E-state index contributed by atoms with van der Waals surface area (Å²) >= 11 is 0. The van der Waals surface area contributed by atoms with Gasteiger partial charge in [-0.05, 0) is 24.1 Å². The number of hydrogen-bond acceptors (Lipinski definition) is 2. The van der Waals surface area contributed by atoms with Gasteiger partial charge in [-0.2, -0.15) is 0 Å². The van der Waals surface area contributed by atoms with Gasteiger partial charge in [0.25, 0.3) is 0 Å². The molecule has 0 saturated heterocycles. The summed E-state index contributed by atoms with van der Waals surface area (Å²) in [6.07, 6.45) is 3.18. The SMILES string of the molecule is C=Cc1ccc(O)c(C(C)=O)c1C=C. The third-order valence-electron chi connectivity index (χ3n) is 2.03. The fourth-order valence-corrected chi connectivity index (χ4v) is 1.39. The minimum Gasteiger partial charge on any atom is -0.507 e. The van der Waals surface area contributed by atoms with Crippen molar-refractivity contribution in [3.63, 3.8) is 0 Å². The predicted octanol–water partition coefficient (Wildman–Crippen LogP) is 2.88. The molecule has 0 aromatic heterocycles. The van der Waals surface area contributed by atoms with Crippen molar-refractivity contribution in [3.05, 3.63) is 42.0 Å². The Morgan fingerprint density at radius 2 is 2.00 bits per heavy atom. The van der Waals surface area contributed by atoms with Crippen molar-refractivity contribution in [2.24, 2.45) is 0 Å². The van der Waals surface area contributed by atoms with Gasteiger partial charge in [0.15, 0.2) is 5.78 Å². The highest BCUT2D eigenvalue weighted by Crippen LogP contribution is 2.26. The van der Waals surface area contributed by atoms with Crippen LogP contribution in [0, 0.1) is 0 Å². The minimum absolute atomic E-state index is 0.0157. The Morgan fingerprint density at radius 3 is 2.43 bits per heavy atom. The lowest BCUT2D eigenvalue weighted by atomic mass is 9.97. The average Bonchev–Trinajstić information content (AvgIpc) is 2.16. The van der Waals surface area contributed by atoms with Crippen molar-refractivity contribution >= 4 is 17.9 Å². The number of phenolic OH excluding ortho intramolecular Hbond substituents is 1. The summed E-state index contributed by atoms with van der Waals surface area (Å²) in [7, 11) is 0. The highest BCUT2D eigenvalue weighted by Gasteiger charge is 2.12. The number of carbonyl (C=O) groups is 1. The van der Waals surface area contributed by atoms with Crippen LogP contribution in [-0.4, -0.2) is 10.9 Å². The smallest absolute Gasteiger partial charge is 0.164 e. The number of phenols is 1. The van der Waals surface area contributed by atoms with Crippen LogP contribution in [0.3, 0.4) is 0 Å². The molecule has 2 nitrogen and oxygen atoms in total. The Balaban J connectivity index is 3.58. The fraction of sp³-hybridized carbons (Fsp3) is 0.0833. The first-order chi connectivity index (χ1) is 6.61. The summed E-state index contributed by atoms with van der Waals surface area (Å²) in [6.45, 7) is 8.65. The molecule has 0 unspecified atom stereocenters. The molecule has 2 heteroatoms. The number of benzene rings is 1. The molecular formula is C12H12O2. The van der Waals surface area contributed by atoms with Crippen LogP contribution < -0.4 is 0 Å². The van der Waals surface area contributed by atoms with Crippen molar-refractivity contribution in [1.29, 1.82) is 0 Å². The molecule has 1 aromatic carbocycles. The first-order valence-electron chi connectivity index (χ1n) is 4.23. The van der Waals surface area contributed by atoms with Crippen LogP contribution >= 0.6 is 0 Å². The molecule has 0 amide bonds. The molecule has 1 aromatic rings. The van der Waals surface area contributed by atoms with Crippen molar-refractivity contribution in [3.8, 4) is 5.75 Å². The predicted molar refractivity (Wildman–Crippen MR) is 58.3 cm³/mol. The van der Waals surface area contributed by atoms with Gasteiger partial charge in [-0.15, -0.1) is 0 Å². The van der Waals surface area contributed by atoms with Crippen LogP contribution in [0.15, 0.2) is 25.3 Å². The Bertz CT molecular complexity index is 403. The van der Waals surface area contributed by atoms with Crippen molar-refractivity contribution in [2.45, 2.75) is 6.92 Å². The van der Waals surface area contributed by atoms with Gasteiger partial charge in [-0.1, -0.05) is 31.4 Å². The molecule has 0 aliphatic carbocycles. The van der Waals surface area contributed by atoms with E-state index in [0.717, 1.165) is 5.56 Å².